The standard InChI is InChI=1S/C38H33O12S6/c1-15-17-19(41-5-3-39-17)29(51-15)31-21-23(45-9-7-43-21)33(53-31)35-25-27(49-13-11-47-25)37(55-35)38-28-26(48-12-14-50-28)36(56-38)34-24-22(44-8-10-46-24)32(54-34)30-20-18(16(2)52-30)40-4-6-42-20/h31,34,36H,3-14H2,1-2H3/q+1/b35-33+,38-37+. The van der Waals surface area contributed by atoms with Gasteiger partial charge in [0, 0.05) is 9.75 Å². The molecule has 0 bridgehead atoms. The van der Waals surface area contributed by atoms with Crippen LogP contribution >= 0.6 is 69.3 Å². The lowest BCUT2D eigenvalue weighted by Gasteiger charge is -2.21. The first kappa shape index (κ1) is 34.6. The Morgan fingerprint density at radius 1 is 0.446 bits per heavy atom. The molecule has 0 fully saturated rings. The topological polar surface area (TPSA) is 113 Å². The molecule has 56 heavy (non-hydrogen) atoms. The second-order valence-corrected chi connectivity index (χ2v) is 20.5. The number of hydrogen-bond acceptors (Lipinski definition) is 17. The van der Waals surface area contributed by atoms with Crippen LogP contribution in [0.2, 0.25) is 0 Å². The first-order valence-corrected chi connectivity index (χ1v) is 23.5. The summed E-state index contributed by atoms with van der Waals surface area (Å²) < 4.78 is 77.9. The number of hydrogen-bond donors (Lipinski definition) is 0. The van der Waals surface area contributed by atoms with Crippen molar-refractivity contribution in [2.75, 3.05) is 79.3 Å². The van der Waals surface area contributed by atoms with Gasteiger partial charge in [0.15, 0.2) is 64.1 Å². The minimum absolute atomic E-state index is 0.142. The maximum atomic E-state index is 6.51. The fourth-order valence-corrected chi connectivity index (χ4v) is 16.2. The van der Waals surface area contributed by atoms with Crippen LogP contribution in [0.5, 0.6) is 34.5 Å². The van der Waals surface area contributed by atoms with E-state index in [1.54, 1.807) is 69.3 Å². The van der Waals surface area contributed by atoms with Crippen molar-refractivity contribution in [3.8, 4) is 34.5 Å². The molecule has 0 saturated heterocycles. The van der Waals surface area contributed by atoms with Crippen molar-refractivity contribution in [1.82, 2.24) is 0 Å². The highest BCUT2D eigenvalue weighted by Crippen LogP contribution is 2.61. The first-order chi connectivity index (χ1) is 27.6. The minimum atomic E-state index is -0.160. The second kappa shape index (κ2) is 13.6. The number of ketones is 1. The average molecular weight is 874 g/mol. The maximum absolute atomic E-state index is 6.51. The summed E-state index contributed by atoms with van der Waals surface area (Å²) in [5.41, 5.74) is 0. The number of fused-ring (bicyclic) bond motifs is 4. The Morgan fingerprint density at radius 3 is 1.73 bits per heavy atom. The van der Waals surface area contributed by atoms with Crippen molar-refractivity contribution in [3.05, 3.63) is 57.4 Å². The van der Waals surface area contributed by atoms with Gasteiger partial charge in [-0.1, -0.05) is 0 Å². The molecular weight excluding hydrogens is 841 g/mol. The largest absolute Gasteiger partial charge is 0.489 e. The lowest BCUT2D eigenvalue weighted by Crippen LogP contribution is -2.33. The number of thioether (sulfide) groups is 3. The van der Waals surface area contributed by atoms with E-state index < -0.39 is 0 Å². The Kier molecular flexibility index (Phi) is 8.39. The van der Waals surface area contributed by atoms with Gasteiger partial charge in [0.25, 0.3) is 6.61 Å². The van der Waals surface area contributed by atoms with Gasteiger partial charge in [0.2, 0.25) is 5.76 Å². The van der Waals surface area contributed by atoms with Crippen molar-refractivity contribution in [2.24, 2.45) is 0 Å². The van der Waals surface area contributed by atoms with Gasteiger partial charge in [-0.05, 0) is 13.8 Å². The van der Waals surface area contributed by atoms with Crippen LogP contribution in [-0.2, 0) is 28.1 Å². The van der Waals surface area contributed by atoms with Crippen LogP contribution in [0, 0.1) is 13.8 Å². The second-order valence-electron chi connectivity index (χ2n) is 13.6. The summed E-state index contributed by atoms with van der Waals surface area (Å²) in [5.74, 6) is 9.31. The van der Waals surface area contributed by atoms with E-state index in [-0.39, 0.29) is 15.7 Å². The zero-order chi connectivity index (χ0) is 37.1. The number of aryl methyl sites for hydroxylation is 2. The summed E-state index contributed by atoms with van der Waals surface area (Å²) in [6, 6.07) is 0. The van der Waals surface area contributed by atoms with Gasteiger partial charge < -0.3 is 52.1 Å². The highest BCUT2D eigenvalue weighted by Gasteiger charge is 2.55. The molecule has 3 aromatic heterocycles. The SMILES string of the molecule is Cc1sc(C2=C3OCC[O+]=C3C(C3S/C(=c4/s/c(=C5/SC(c6sc(C)c7c6OCCO7)C6=C5OCCO6)c5c4OCCO5)C4=C3OCCO4)S2)c2c1OCCO2. The molecule has 9 aliphatic rings. The van der Waals surface area contributed by atoms with Gasteiger partial charge in [0.1, 0.15) is 76.6 Å². The molecule has 292 valence electrons. The van der Waals surface area contributed by atoms with Crippen molar-refractivity contribution in [1.29, 1.82) is 0 Å². The molecular formula is C38H33O12S6+. The van der Waals surface area contributed by atoms with Crippen LogP contribution in [0.25, 0.3) is 14.7 Å². The van der Waals surface area contributed by atoms with Crippen LogP contribution < -0.4 is 37.5 Å². The van der Waals surface area contributed by atoms with Crippen LogP contribution in [-0.4, -0.2) is 95.6 Å². The Morgan fingerprint density at radius 2 is 0.982 bits per heavy atom. The summed E-state index contributed by atoms with van der Waals surface area (Å²) in [6.07, 6.45) is 0. The molecule has 12 nitrogen and oxygen atoms in total. The summed E-state index contributed by atoms with van der Waals surface area (Å²) in [6.45, 7) is 9.90. The zero-order valence-corrected chi connectivity index (χ0v) is 35.0. The summed E-state index contributed by atoms with van der Waals surface area (Å²) in [5, 5.41) is -0.453. The molecule has 9 aliphatic heterocycles. The average Bonchev–Trinajstić information content (AvgIpc) is 4.10. The lowest BCUT2D eigenvalue weighted by molar-refractivity contribution is -0.468. The maximum Gasteiger partial charge on any atom is 0.377 e. The molecule has 18 heteroatoms. The van der Waals surface area contributed by atoms with E-state index in [0.717, 1.165) is 101 Å². The van der Waals surface area contributed by atoms with Crippen LogP contribution in [0.4, 0.5) is 0 Å². The molecule has 0 N–H and O–H groups in total. The minimum Gasteiger partial charge on any atom is -0.489 e. The summed E-state index contributed by atoms with van der Waals surface area (Å²) in [7, 11) is 0. The predicted molar refractivity (Wildman–Crippen MR) is 215 cm³/mol. The number of allylic oxidation sites excluding steroid dienone is 1. The zero-order valence-electron chi connectivity index (χ0n) is 30.1. The highest BCUT2D eigenvalue weighted by molar-refractivity contribution is 8.13. The molecule has 0 radical (unpaired) electrons. The third kappa shape index (κ3) is 5.20. The Balaban J connectivity index is 0.977. The van der Waals surface area contributed by atoms with Gasteiger partial charge in [-0.2, -0.15) is 0 Å². The number of thiophene rings is 3. The molecule has 0 aromatic carbocycles. The third-order valence-corrected chi connectivity index (χ3v) is 18.4. The highest BCUT2D eigenvalue weighted by atomic mass is 32.2. The number of ether oxygens (including phenoxy) is 11. The van der Waals surface area contributed by atoms with Crippen molar-refractivity contribution >= 4 is 89.8 Å². The predicted octanol–water partition coefficient (Wildman–Crippen LogP) is 5.76. The molecule has 0 aliphatic carbocycles. The molecule has 0 spiro atoms. The van der Waals surface area contributed by atoms with Gasteiger partial charge in [-0.3, -0.25) is 0 Å². The Labute approximate surface area is 345 Å². The molecule has 0 amide bonds. The fraction of sp³-hybridized carbons (Fsp3) is 0.447. The van der Waals surface area contributed by atoms with Gasteiger partial charge in [0.05, 0.1) is 38.8 Å². The van der Waals surface area contributed by atoms with E-state index in [1.165, 1.54) is 0 Å². The van der Waals surface area contributed by atoms with E-state index in [2.05, 4.69) is 13.8 Å². The first-order valence-electron chi connectivity index (χ1n) is 18.4. The van der Waals surface area contributed by atoms with E-state index in [4.69, 9.17) is 56.5 Å². The van der Waals surface area contributed by atoms with E-state index in [0.29, 0.717) is 90.8 Å². The smallest absolute Gasteiger partial charge is 0.377 e. The molecule has 0 saturated carbocycles. The lowest BCUT2D eigenvalue weighted by atomic mass is 10.1. The normalized spacial score (nSPS) is 27.8. The van der Waals surface area contributed by atoms with Crippen LogP contribution in [0.1, 0.15) is 24.8 Å². The van der Waals surface area contributed by atoms with E-state index >= 15 is 0 Å². The van der Waals surface area contributed by atoms with Gasteiger partial charge >= 0.3 is 5.78 Å². The third-order valence-electron chi connectivity index (χ3n) is 10.2. The van der Waals surface area contributed by atoms with Crippen LogP contribution in [0.15, 0.2) is 28.8 Å². The molecule has 3 aromatic rings. The van der Waals surface area contributed by atoms with Gasteiger partial charge in [-0.15, -0.1) is 69.3 Å². The van der Waals surface area contributed by atoms with E-state index in [9.17, 15) is 0 Å². The van der Waals surface area contributed by atoms with Crippen molar-refractivity contribution in [2.45, 2.75) is 29.6 Å². The molecule has 12 rings (SSSR count). The molecule has 12 heterocycles. The summed E-state index contributed by atoms with van der Waals surface area (Å²) >= 11 is 10.1. The monoisotopic (exact) mass is 873 g/mol. The quantitative estimate of drug-likeness (QED) is 0.298. The molecule has 3 unspecified atom stereocenters. The Bertz CT molecular complexity index is 2470. The van der Waals surface area contributed by atoms with Crippen molar-refractivity contribution < 1.29 is 56.5 Å². The number of carbonyl (C=O) groups excluding carboxylic acids is 1. The fourth-order valence-electron chi connectivity index (χ4n) is 7.97. The van der Waals surface area contributed by atoms with Crippen molar-refractivity contribution in [3.63, 3.8) is 0 Å². The summed E-state index contributed by atoms with van der Waals surface area (Å²) in [4.78, 5) is 7.17. The van der Waals surface area contributed by atoms with Crippen LogP contribution in [0.3, 0.4) is 0 Å². The van der Waals surface area contributed by atoms with E-state index in [1.807, 2.05) is 0 Å². The Hall–Kier alpha value is -3.42. The number of rotatable bonds is 3. The molecule has 3 atom stereocenters. The van der Waals surface area contributed by atoms with Gasteiger partial charge in [-0.25, -0.2) is 4.42 Å².